The number of benzene rings is 1. The van der Waals surface area contributed by atoms with E-state index in [1.165, 1.54) is 12.1 Å². The third-order valence-corrected chi connectivity index (χ3v) is 3.38. The zero-order chi connectivity index (χ0) is 16.1. The maximum atomic E-state index is 11.0. The molecule has 1 aliphatic carbocycles. The van der Waals surface area contributed by atoms with Crippen LogP contribution < -0.4 is 4.74 Å². The Morgan fingerprint density at radius 3 is 2.68 bits per heavy atom. The van der Waals surface area contributed by atoms with E-state index in [1.807, 2.05) is 6.92 Å². The summed E-state index contributed by atoms with van der Waals surface area (Å²) in [7, 11) is 0. The second-order valence-electron chi connectivity index (χ2n) is 5.10. The molecule has 6 heteroatoms. The largest absolute Gasteiger partial charge is 0.457 e. The van der Waals surface area contributed by atoms with Gasteiger partial charge in [-0.3, -0.25) is 14.9 Å². The van der Waals surface area contributed by atoms with Crippen molar-refractivity contribution in [3.8, 4) is 5.75 Å². The average Bonchev–Trinajstić information content (AvgIpc) is 3.32. The number of hydrogen-bond acceptors (Lipinski definition) is 4. The van der Waals surface area contributed by atoms with E-state index in [4.69, 9.17) is 4.74 Å². The molecule has 0 heterocycles. The van der Waals surface area contributed by atoms with Crippen molar-refractivity contribution in [1.82, 2.24) is 4.90 Å². The molecule has 6 nitrogen and oxygen atoms in total. The van der Waals surface area contributed by atoms with Crippen LogP contribution in [0.4, 0.5) is 5.69 Å². The predicted octanol–water partition coefficient (Wildman–Crippen LogP) is 3.32. The zero-order valence-electron chi connectivity index (χ0n) is 12.6. The Kier molecular flexibility index (Phi) is 4.93. The number of allylic oxidation sites excluding steroid dienone is 2. The first-order valence-corrected chi connectivity index (χ1v) is 7.05. The minimum atomic E-state index is -0.440. The van der Waals surface area contributed by atoms with E-state index >= 15 is 0 Å². The summed E-state index contributed by atoms with van der Waals surface area (Å²) >= 11 is 0. The molecule has 1 aliphatic rings. The summed E-state index contributed by atoms with van der Waals surface area (Å²) in [6.07, 6.45) is 8.03. The van der Waals surface area contributed by atoms with Gasteiger partial charge in [-0.25, -0.2) is 0 Å². The van der Waals surface area contributed by atoms with Gasteiger partial charge in [0.1, 0.15) is 11.5 Å². The van der Waals surface area contributed by atoms with Crippen molar-refractivity contribution in [2.45, 2.75) is 32.7 Å². The number of aryl methyl sites for hydroxylation is 1. The standard InChI is InChI=1S/C16H18N2O4/c1-3-15(8-9-17(11-19)13-4-5-13)22-16-7-6-14(18(20)21)10-12(16)2/h3,6-11,13H,4-5H2,1-2H3/b9-8-,15-3+. The van der Waals surface area contributed by atoms with E-state index in [9.17, 15) is 14.9 Å². The van der Waals surface area contributed by atoms with Crippen molar-refractivity contribution in [2.75, 3.05) is 0 Å². The molecule has 1 saturated carbocycles. The van der Waals surface area contributed by atoms with Crippen LogP contribution in [0.15, 0.2) is 42.3 Å². The maximum Gasteiger partial charge on any atom is 0.269 e. The van der Waals surface area contributed by atoms with Gasteiger partial charge in [0.25, 0.3) is 5.69 Å². The molecule has 0 atom stereocenters. The molecule has 0 N–H and O–H groups in total. The van der Waals surface area contributed by atoms with Gasteiger partial charge in [-0.2, -0.15) is 0 Å². The van der Waals surface area contributed by atoms with Crippen molar-refractivity contribution in [3.63, 3.8) is 0 Å². The topological polar surface area (TPSA) is 72.7 Å². The normalized spacial score (nSPS) is 14.9. The summed E-state index contributed by atoms with van der Waals surface area (Å²) < 4.78 is 5.73. The van der Waals surface area contributed by atoms with E-state index in [2.05, 4.69) is 0 Å². The van der Waals surface area contributed by atoms with Crippen LogP contribution in [0.3, 0.4) is 0 Å². The molecule has 1 aromatic rings. The summed E-state index contributed by atoms with van der Waals surface area (Å²) in [4.78, 5) is 22.9. The Morgan fingerprint density at radius 2 is 2.18 bits per heavy atom. The molecule has 22 heavy (non-hydrogen) atoms. The average molecular weight is 302 g/mol. The van der Waals surface area contributed by atoms with E-state index in [0.29, 0.717) is 23.1 Å². The van der Waals surface area contributed by atoms with Gasteiger partial charge >= 0.3 is 0 Å². The van der Waals surface area contributed by atoms with Crippen LogP contribution in [0.5, 0.6) is 5.75 Å². The summed E-state index contributed by atoms with van der Waals surface area (Å²) in [5.74, 6) is 1.12. The number of amides is 1. The molecular formula is C16H18N2O4. The van der Waals surface area contributed by atoms with E-state index in [-0.39, 0.29) is 5.69 Å². The minimum Gasteiger partial charge on any atom is -0.457 e. The van der Waals surface area contributed by atoms with E-state index < -0.39 is 4.92 Å². The fraction of sp³-hybridized carbons (Fsp3) is 0.312. The fourth-order valence-electron chi connectivity index (χ4n) is 1.95. The lowest BCUT2D eigenvalue weighted by atomic mass is 10.2. The predicted molar refractivity (Wildman–Crippen MR) is 82.3 cm³/mol. The lowest BCUT2D eigenvalue weighted by Gasteiger charge is -2.12. The summed E-state index contributed by atoms with van der Waals surface area (Å²) in [5, 5.41) is 10.7. The number of hydrogen-bond donors (Lipinski definition) is 0. The van der Waals surface area contributed by atoms with Crippen LogP contribution in [0, 0.1) is 17.0 Å². The lowest BCUT2D eigenvalue weighted by Crippen LogP contribution is -2.17. The molecular weight excluding hydrogens is 284 g/mol. The van der Waals surface area contributed by atoms with Gasteiger partial charge in [0, 0.05) is 24.4 Å². The summed E-state index contributed by atoms with van der Waals surface area (Å²) in [6.45, 7) is 3.57. The zero-order valence-corrected chi connectivity index (χ0v) is 12.6. The van der Waals surface area contributed by atoms with Gasteiger partial charge in [0.2, 0.25) is 6.41 Å². The fourth-order valence-corrected chi connectivity index (χ4v) is 1.95. The molecule has 0 aliphatic heterocycles. The maximum absolute atomic E-state index is 11.0. The monoisotopic (exact) mass is 302 g/mol. The van der Waals surface area contributed by atoms with E-state index in [1.54, 1.807) is 36.2 Å². The van der Waals surface area contributed by atoms with Crippen LogP contribution in [0.2, 0.25) is 0 Å². The highest BCUT2D eigenvalue weighted by molar-refractivity contribution is 5.51. The third kappa shape index (κ3) is 3.94. The van der Waals surface area contributed by atoms with Gasteiger partial charge < -0.3 is 9.64 Å². The first-order valence-electron chi connectivity index (χ1n) is 7.05. The Balaban J connectivity index is 2.08. The van der Waals surface area contributed by atoms with Crippen LogP contribution in [0.1, 0.15) is 25.3 Å². The van der Waals surface area contributed by atoms with Crippen LogP contribution >= 0.6 is 0 Å². The number of carbonyl (C=O) groups is 1. The Labute approximate surface area is 128 Å². The molecule has 1 aromatic carbocycles. The first kappa shape index (κ1) is 15.8. The van der Waals surface area contributed by atoms with Gasteiger partial charge in [-0.1, -0.05) is 0 Å². The van der Waals surface area contributed by atoms with Crippen molar-refractivity contribution in [1.29, 1.82) is 0 Å². The molecule has 0 aromatic heterocycles. The third-order valence-electron chi connectivity index (χ3n) is 3.38. The van der Waals surface area contributed by atoms with Crippen molar-refractivity contribution in [3.05, 3.63) is 58.0 Å². The van der Waals surface area contributed by atoms with Crippen LogP contribution in [0.25, 0.3) is 0 Å². The number of carbonyl (C=O) groups excluding carboxylic acids is 1. The summed E-state index contributed by atoms with van der Waals surface area (Å²) in [6, 6.07) is 4.74. The lowest BCUT2D eigenvalue weighted by molar-refractivity contribution is -0.384. The van der Waals surface area contributed by atoms with Crippen LogP contribution in [-0.4, -0.2) is 22.3 Å². The smallest absolute Gasteiger partial charge is 0.269 e. The second kappa shape index (κ2) is 6.89. The van der Waals surface area contributed by atoms with Gasteiger partial charge in [-0.15, -0.1) is 0 Å². The van der Waals surface area contributed by atoms with Crippen LogP contribution in [-0.2, 0) is 4.79 Å². The quantitative estimate of drug-likeness (QED) is 0.255. The molecule has 1 amide bonds. The highest BCUT2D eigenvalue weighted by Gasteiger charge is 2.26. The molecule has 116 valence electrons. The second-order valence-corrected chi connectivity index (χ2v) is 5.10. The molecule has 0 spiro atoms. The molecule has 2 rings (SSSR count). The van der Waals surface area contributed by atoms with Crippen molar-refractivity contribution in [2.24, 2.45) is 0 Å². The Morgan fingerprint density at radius 1 is 1.45 bits per heavy atom. The molecule has 0 unspecified atom stereocenters. The Hall–Kier alpha value is -2.63. The van der Waals surface area contributed by atoms with Crippen molar-refractivity contribution >= 4 is 12.1 Å². The van der Waals surface area contributed by atoms with Gasteiger partial charge in [0.05, 0.1) is 4.92 Å². The molecule has 0 radical (unpaired) electrons. The highest BCUT2D eigenvalue weighted by Crippen LogP contribution is 2.27. The molecule has 0 bridgehead atoms. The summed E-state index contributed by atoms with van der Waals surface area (Å²) in [5.41, 5.74) is 0.708. The SMILES string of the molecule is C/C=C(\C=C/N(C=O)C1CC1)Oc1ccc([N+](=O)[O-])cc1C. The number of nitro benzene ring substituents is 1. The highest BCUT2D eigenvalue weighted by atomic mass is 16.6. The number of ether oxygens (including phenoxy) is 1. The number of nitrogens with zero attached hydrogens (tertiary/aromatic N) is 2. The molecule has 1 fully saturated rings. The van der Waals surface area contributed by atoms with E-state index in [0.717, 1.165) is 19.3 Å². The van der Waals surface area contributed by atoms with Gasteiger partial charge in [-0.05, 0) is 50.5 Å². The number of rotatable bonds is 7. The van der Waals surface area contributed by atoms with Crippen molar-refractivity contribution < 1.29 is 14.5 Å². The minimum absolute atomic E-state index is 0.0308. The number of non-ortho nitro benzene ring substituents is 1. The number of nitro groups is 1. The van der Waals surface area contributed by atoms with Gasteiger partial charge in [0.15, 0.2) is 0 Å². The first-order chi connectivity index (χ1) is 10.5. The molecule has 0 saturated heterocycles. The Bertz CT molecular complexity index is 633.